The van der Waals surface area contributed by atoms with Crippen LogP contribution in [0.3, 0.4) is 0 Å². The molecule has 2 aliphatic rings. The largest absolute Gasteiger partial charge is 0.392 e. The predicted octanol–water partition coefficient (Wildman–Crippen LogP) is 3.24. The Kier molecular flexibility index (Phi) is 7.51. The number of rotatable bonds is 7. The van der Waals surface area contributed by atoms with Gasteiger partial charge in [-0.05, 0) is 55.1 Å². The van der Waals surface area contributed by atoms with Crippen molar-refractivity contribution in [3.8, 4) is 23.0 Å². The van der Waals surface area contributed by atoms with Crippen molar-refractivity contribution in [1.82, 2.24) is 29.4 Å². The molecule has 1 atom stereocenters. The number of hydrogen-bond donors (Lipinski definition) is 3. The summed E-state index contributed by atoms with van der Waals surface area (Å²) in [7, 11) is 1.53. The molecule has 0 spiro atoms. The number of benzene rings is 2. The molecular weight excluding hydrogens is 603 g/mol. The zero-order chi connectivity index (χ0) is 33.0. The molecule has 0 saturated carbocycles. The fourth-order valence-electron chi connectivity index (χ4n) is 6.26. The second-order valence-corrected chi connectivity index (χ2v) is 12.6. The first kappa shape index (κ1) is 30.5. The molecule has 1 unspecified atom stereocenters. The van der Waals surface area contributed by atoms with Crippen molar-refractivity contribution >= 4 is 22.3 Å². The third-order valence-electron chi connectivity index (χ3n) is 9.16. The van der Waals surface area contributed by atoms with Crippen molar-refractivity contribution in [3.63, 3.8) is 0 Å². The van der Waals surface area contributed by atoms with Crippen LogP contribution in [0.4, 0.5) is 15.9 Å². The van der Waals surface area contributed by atoms with Crippen molar-refractivity contribution in [1.29, 1.82) is 5.26 Å². The summed E-state index contributed by atoms with van der Waals surface area (Å²) in [5, 5.41) is 36.1. The Hall–Kier alpha value is -5.16. The number of nitriles is 1. The topological polar surface area (TPSA) is 152 Å². The molecule has 47 heavy (non-hydrogen) atoms. The van der Waals surface area contributed by atoms with Gasteiger partial charge in [0.2, 0.25) is 0 Å². The van der Waals surface area contributed by atoms with Gasteiger partial charge in [0.25, 0.3) is 11.1 Å². The number of aliphatic hydroxyl groups is 1. The number of halogens is 1. The van der Waals surface area contributed by atoms with Crippen LogP contribution >= 0.6 is 0 Å². The highest BCUT2D eigenvalue weighted by Crippen LogP contribution is 2.31. The number of fused-ring (bicyclic) bond motifs is 2. The van der Waals surface area contributed by atoms with E-state index in [1.165, 1.54) is 28.6 Å². The molecule has 5 heterocycles. The number of nitrogens with one attached hydrogen (secondary N) is 2. The van der Waals surface area contributed by atoms with Gasteiger partial charge in [-0.3, -0.25) is 24.2 Å². The highest BCUT2D eigenvalue weighted by atomic mass is 19.1. The molecule has 1 saturated heterocycles. The van der Waals surface area contributed by atoms with Crippen molar-refractivity contribution in [2.45, 2.75) is 45.0 Å². The molecule has 3 N–H and O–H groups in total. The van der Waals surface area contributed by atoms with Crippen molar-refractivity contribution in [3.05, 3.63) is 98.1 Å². The van der Waals surface area contributed by atoms with Gasteiger partial charge in [-0.2, -0.15) is 15.5 Å². The Morgan fingerprint density at radius 2 is 1.96 bits per heavy atom. The molecule has 7 rings (SSSR count). The van der Waals surface area contributed by atoms with Crippen LogP contribution in [0.2, 0.25) is 0 Å². The van der Waals surface area contributed by atoms with Gasteiger partial charge in [0, 0.05) is 54.5 Å². The summed E-state index contributed by atoms with van der Waals surface area (Å²) in [5.41, 5.74) is 1.38. The summed E-state index contributed by atoms with van der Waals surface area (Å²) >= 11 is 0. The van der Waals surface area contributed by atoms with Crippen molar-refractivity contribution in [2.24, 2.45) is 13.0 Å². The van der Waals surface area contributed by atoms with E-state index >= 15 is 4.39 Å². The standard InChI is InChI=1S/C34H33FN8O4/c1-34(2,17-36)21-9-19-7-8-42(33(46)31(19)25(35)10-21)29-6-4-5-23(24(29)14-44)27-13-28(32(45)41(3)39-27)38-30-12-22-11-26(20-15-47-16-20)37-18-43(22)40-30/h4-10,12-13,20,26,37,44H,11,14-16,18H2,1-3H3,(H,38,40). The zero-order valence-corrected chi connectivity index (χ0v) is 26.1. The lowest BCUT2D eigenvalue weighted by atomic mass is 9.85. The smallest absolute Gasteiger partial charge is 0.290 e. The van der Waals surface area contributed by atoms with Gasteiger partial charge in [-0.25, -0.2) is 9.07 Å². The van der Waals surface area contributed by atoms with Gasteiger partial charge in [-0.1, -0.05) is 12.1 Å². The molecule has 3 aromatic heterocycles. The minimum absolute atomic E-state index is 0.128. The number of anilines is 2. The molecule has 0 aliphatic carbocycles. The van der Waals surface area contributed by atoms with Crippen LogP contribution < -0.4 is 21.8 Å². The van der Waals surface area contributed by atoms with Crippen LogP contribution in [0.1, 0.15) is 30.7 Å². The first-order chi connectivity index (χ1) is 22.6. The van der Waals surface area contributed by atoms with E-state index in [2.05, 4.69) is 26.9 Å². The lowest BCUT2D eigenvalue weighted by Gasteiger charge is -2.36. The van der Waals surface area contributed by atoms with Crippen LogP contribution in [0.5, 0.6) is 0 Å². The molecule has 0 radical (unpaired) electrons. The first-order valence-electron chi connectivity index (χ1n) is 15.3. The number of nitrogens with zero attached hydrogens (tertiary/aromatic N) is 6. The van der Waals surface area contributed by atoms with Gasteiger partial charge >= 0.3 is 0 Å². The molecule has 13 heteroatoms. The fraction of sp³-hybridized carbons (Fsp3) is 0.324. The minimum atomic E-state index is -0.943. The highest BCUT2D eigenvalue weighted by molar-refractivity contribution is 5.84. The SMILES string of the molecule is Cn1nc(-c2cccc(-n3ccc4cc(C(C)(C)C#N)cc(F)c4c3=O)c2CO)cc(Nc2cc3n(n2)CNC(C2COC2)C3)c1=O. The third kappa shape index (κ3) is 5.30. The quantitative estimate of drug-likeness (QED) is 0.245. The third-order valence-corrected chi connectivity index (χ3v) is 9.16. The molecule has 12 nitrogen and oxygen atoms in total. The highest BCUT2D eigenvalue weighted by Gasteiger charge is 2.32. The zero-order valence-electron chi connectivity index (χ0n) is 26.1. The average molecular weight is 637 g/mol. The molecule has 5 aromatic rings. The van der Waals surface area contributed by atoms with Crippen LogP contribution in [-0.4, -0.2) is 48.5 Å². The second-order valence-electron chi connectivity index (χ2n) is 12.6. The molecule has 0 amide bonds. The lowest BCUT2D eigenvalue weighted by Crippen LogP contribution is -2.50. The summed E-state index contributed by atoms with van der Waals surface area (Å²) in [6, 6.07) is 15.6. The maximum atomic E-state index is 15.4. The van der Waals surface area contributed by atoms with E-state index in [0.717, 1.165) is 25.3 Å². The molecule has 1 fully saturated rings. The van der Waals surface area contributed by atoms with Crippen LogP contribution in [-0.2, 0) is 36.9 Å². The molecular formula is C34H33FN8O4. The summed E-state index contributed by atoms with van der Waals surface area (Å²) < 4.78 is 25.1. The molecule has 0 bridgehead atoms. The van der Waals surface area contributed by atoms with E-state index in [-0.39, 0.29) is 16.6 Å². The van der Waals surface area contributed by atoms with Crippen LogP contribution in [0, 0.1) is 23.1 Å². The number of aromatic nitrogens is 5. The maximum Gasteiger partial charge on any atom is 0.290 e. The number of aliphatic hydroxyl groups excluding tert-OH is 1. The van der Waals surface area contributed by atoms with Gasteiger partial charge in [-0.15, -0.1) is 0 Å². The van der Waals surface area contributed by atoms with Crippen LogP contribution in [0.15, 0.2) is 64.3 Å². The van der Waals surface area contributed by atoms with E-state index in [4.69, 9.17) is 4.74 Å². The number of ether oxygens (including phenoxy) is 1. The van der Waals surface area contributed by atoms with E-state index in [1.807, 2.05) is 10.7 Å². The monoisotopic (exact) mass is 636 g/mol. The van der Waals surface area contributed by atoms with Gasteiger partial charge in [0.1, 0.15) is 11.5 Å². The van der Waals surface area contributed by atoms with Gasteiger partial charge in [0.05, 0.1) is 54.7 Å². The summed E-state index contributed by atoms with van der Waals surface area (Å²) in [5.74, 6) is 0.256. The van der Waals surface area contributed by atoms with E-state index < -0.39 is 23.4 Å². The summed E-state index contributed by atoms with van der Waals surface area (Å²) in [6.45, 7) is 4.96. The maximum absolute atomic E-state index is 15.4. The molecule has 2 aromatic carbocycles. The molecule has 240 valence electrons. The average Bonchev–Trinajstić information content (AvgIpc) is 3.43. The normalized spacial score (nSPS) is 16.5. The second kappa shape index (κ2) is 11.6. The Labute approximate surface area is 268 Å². The first-order valence-corrected chi connectivity index (χ1v) is 15.3. The van der Waals surface area contributed by atoms with Crippen molar-refractivity contribution in [2.75, 3.05) is 18.5 Å². The van der Waals surface area contributed by atoms with Crippen molar-refractivity contribution < 1.29 is 14.2 Å². The van der Waals surface area contributed by atoms with Crippen LogP contribution in [0.25, 0.3) is 27.7 Å². The summed E-state index contributed by atoms with van der Waals surface area (Å²) in [6.07, 6.45) is 2.32. The Morgan fingerprint density at radius 3 is 2.68 bits per heavy atom. The summed E-state index contributed by atoms with van der Waals surface area (Å²) in [4.78, 5) is 26.9. The Bertz CT molecular complexity index is 2210. The minimum Gasteiger partial charge on any atom is -0.392 e. The fourth-order valence-corrected chi connectivity index (χ4v) is 6.26. The number of hydrogen-bond acceptors (Lipinski definition) is 9. The number of aryl methyl sites for hydroxylation is 1. The van der Waals surface area contributed by atoms with E-state index in [1.54, 1.807) is 50.2 Å². The van der Waals surface area contributed by atoms with E-state index in [9.17, 15) is 20.0 Å². The predicted molar refractivity (Wildman–Crippen MR) is 173 cm³/mol. The lowest BCUT2D eigenvalue weighted by molar-refractivity contribution is -0.0530. The Morgan fingerprint density at radius 1 is 1.15 bits per heavy atom. The molecule has 2 aliphatic heterocycles. The number of pyridine rings is 1. The Balaban J connectivity index is 1.25. The van der Waals surface area contributed by atoms with E-state index in [0.29, 0.717) is 57.9 Å². The van der Waals surface area contributed by atoms with Gasteiger partial charge < -0.3 is 15.2 Å². The van der Waals surface area contributed by atoms with Gasteiger partial charge in [0.15, 0.2) is 5.82 Å².